The van der Waals surface area contributed by atoms with E-state index in [-0.39, 0.29) is 6.10 Å². The zero-order chi connectivity index (χ0) is 12.3. The first-order valence-corrected chi connectivity index (χ1v) is 6.66. The van der Waals surface area contributed by atoms with Gasteiger partial charge in [0, 0.05) is 7.11 Å². The van der Waals surface area contributed by atoms with Crippen molar-refractivity contribution in [3.63, 3.8) is 0 Å². The highest BCUT2D eigenvalue weighted by molar-refractivity contribution is 14.1. The minimum absolute atomic E-state index is 0.125. The molecule has 1 unspecified atom stereocenters. The molecule has 0 bridgehead atoms. The van der Waals surface area contributed by atoms with Gasteiger partial charge < -0.3 is 4.74 Å². The fourth-order valence-electron chi connectivity index (χ4n) is 1.29. The first kappa shape index (κ1) is 14.1. The van der Waals surface area contributed by atoms with Gasteiger partial charge >= 0.3 is 0 Å². The van der Waals surface area contributed by atoms with Crippen LogP contribution in [0.2, 0.25) is 5.15 Å². The Labute approximate surface area is 115 Å². The third-order valence-electron chi connectivity index (χ3n) is 2.22. The van der Waals surface area contributed by atoms with Crippen molar-refractivity contribution in [2.75, 3.05) is 7.11 Å². The van der Waals surface area contributed by atoms with Crippen LogP contribution in [-0.2, 0) is 11.2 Å². The average molecular weight is 355 g/mol. The van der Waals surface area contributed by atoms with Crippen molar-refractivity contribution in [3.8, 4) is 0 Å². The van der Waals surface area contributed by atoms with E-state index in [1.54, 1.807) is 7.11 Å². The van der Waals surface area contributed by atoms with Gasteiger partial charge in [-0.2, -0.15) is 0 Å². The van der Waals surface area contributed by atoms with Crippen molar-refractivity contribution in [1.82, 2.24) is 9.97 Å². The molecule has 0 saturated heterocycles. The maximum Gasteiger partial charge on any atom is 0.158 e. The molecule has 90 valence electrons. The molecule has 0 radical (unpaired) electrons. The second kappa shape index (κ2) is 6.12. The van der Waals surface area contributed by atoms with Crippen LogP contribution in [0.5, 0.6) is 0 Å². The van der Waals surface area contributed by atoms with Crippen LogP contribution in [0.4, 0.5) is 0 Å². The van der Waals surface area contributed by atoms with Gasteiger partial charge in [-0.05, 0) is 41.9 Å². The highest BCUT2D eigenvalue weighted by Gasteiger charge is 2.15. The summed E-state index contributed by atoms with van der Waals surface area (Å²) in [7, 11) is 1.64. The van der Waals surface area contributed by atoms with Crippen molar-refractivity contribution in [2.24, 2.45) is 5.92 Å². The van der Waals surface area contributed by atoms with E-state index in [4.69, 9.17) is 16.3 Å². The lowest BCUT2D eigenvalue weighted by Crippen LogP contribution is -2.09. The SMILES string of the molecule is COC(C)c1nc(Cl)c(I)c(CC(C)C)n1. The predicted molar refractivity (Wildman–Crippen MR) is 73.7 cm³/mol. The summed E-state index contributed by atoms with van der Waals surface area (Å²) in [6, 6.07) is 0. The lowest BCUT2D eigenvalue weighted by atomic mass is 10.1. The zero-order valence-corrected chi connectivity index (χ0v) is 12.8. The average Bonchev–Trinajstić information content (AvgIpc) is 2.22. The predicted octanol–water partition coefficient (Wildman–Crippen LogP) is 3.64. The third kappa shape index (κ3) is 3.53. The third-order valence-corrected chi connectivity index (χ3v) is 3.94. The molecule has 0 aliphatic carbocycles. The largest absolute Gasteiger partial charge is 0.374 e. The van der Waals surface area contributed by atoms with Crippen molar-refractivity contribution in [3.05, 3.63) is 20.2 Å². The molecule has 0 aliphatic rings. The van der Waals surface area contributed by atoms with Gasteiger partial charge in [0.25, 0.3) is 0 Å². The molecule has 3 nitrogen and oxygen atoms in total. The summed E-state index contributed by atoms with van der Waals surface area (Å²) in [6.07, 6.45) is 0.782. The van der Waals surface area contributed by atoms with Gasteiger partial charge in [-0.15, -0.1) is 0 Å². The maximum absolute atomic E-state index is 6.09. The number of nitrogens with zero attached hydrogens (tertiary/aromatic N) is 2. The van der Waals surface area contributed by atoms with E-state index in [0.29, 0.717) is 16.9 Å². The van der Waals surface area contributed by atoms with E-state index in [1.807, 2.05) is 6.92 Å². The second-order valence-corrected chi connectivity index (χ2v) is 5.55. The summed E-state index contributed by atoms with van der Waals surface area (Å²) < 4.78 is 6.15. The Balaban J connectivity index is 3.11. The zero-order valence-electron chi connectivity index (χ0n) is 9.92. The molecule has 1 aromatic rings. The molecule has 1 aromatic heterocycles. The van der Waals surface area contributed by atoms with Crippen molar-refractivity contribution in [1.29, 1.82) is 0 Å². The molecule has 0 spiro atoms. The van der Waals surface area contributed by atoms with Gasteiger partial charge in [-0.3, -0.25) is 0 Å². The van der Waals surface area contributed by atoms with E-state index in [1.165, 1.54) is 0 Å². The summed E-state index contributed by atoms with van der Waals surface area (Å²) >= 11 is 8.28. The van der Waals surface area contributed by atoms with E-state index >= 15 is 0 Å². The molecule has 1 heterocycles. The quantitative estimate of drug-likeness (QED) is 0.611. The molecule has 0 fully saturated rings. The molecule has 5 heteroatoms. The topological polar surface area (TPSA) is 35.0 Å². The van der Waals surface area contributed by atoms with Gasteiger partial charge in [0.05, 0.1) is 9.26 Å². The van der Waals surface area contributed by atoms with Gasteiger partial charge in [-0.25, -0.2) is 9.97 Å². The van der Waals surface area contributed by atoms with Crippen LogP contribution in [0.1, 0.15) is 38.4 Å². The summed E-state index contributed by atoms with van der Waals surface area (Å²) in [4.78, 5) is 8.75. The van der Waals surface area contributed by atoms with Gasteiger partial charge in [-0.1, -0.05) is 25.4 Å². The maximum atomic E-state index is 6.09. The highest BCUT2D eigenvalue weighted by atomic mass is 127. The van der Waals surface area contributed by atoms with Crippen LogP contribution in [-0.4, -0.2) is 17.1 Å². The van der Waals surface area contributed by atoms with E-state index in [2.05, 4.69) is 46.4 Å². The van der Waals surface area contributed by atoms with Crippen LogP contribution < -0.4 is 0 Å². The highest BCUT2D eigenvalue weighted by Crippen LogP contribution is 2.24. The number of aromatic nitrogens is 2. The number of hydrogen-bond donors (Lipinski definition) is 0. The fourth-order valence-corrected chi connectivity index (χ4v) is 1.95. The van der Waals surface area contributed by atoms with Crippen molar-refractivity contribution < 1.29 is 4.74 Å². The lowest BCUT2D eigenvalue weighted by molar-refractivity contribution is 0.111. The van der Waals surface area contributed by atoms with Gasteiger partial charge in [0.1, 0.15) is 11.3 Å². The number of rotatable bonds is 4. The minimum atomic E-state index is -0.125. The van der Waals surface area contributed by atoms with Crippen LogP contribution >= 0.6 is 34.2 Å². The van der Waals surface area contributed by atoms with Crippen LogP contribution in [0.25, 0.3) is 0 Å². The molecule has 0 saturated carbocycles. The Morgan fingerprint density at radius 2 is 1.94 bits per heavy atom. The number of methoxy groups -OCH3 is 1. The smallest absolute Gasteiger partial charge is 0.158 e. The van der Waals surface area contributed by atoms with Crippen LogP contribution in [0.3, 0.4) is 0 Å². The van der Waals surface area contributed by atoms with E-state index in [9.17, 15) is 0 Å². The standard InChI is InChI=1S/C11H16ClIN2O/c1-6(2)5-8-9(13)10(12)15-11(14-8)7(3)16-4/h6-7H,5H2,1-4H3. The summed E-state index contributed by atoms with van der Waals surface area (Å²) in [5.74, 6) is 1.20. The minimum Gasteiger partial charge on any atom is -0.374 e. The van der Waals surface area contributed by atoms with E-state index < -0.39 is 0 Å². The van der Waals surface area contributed by atoms with Crippen LogP contribution in [0.15, 0.2) is 0 Å². The Morgan fingerprint density at radius 3 is 2.44 bits per heavy atom. The van der Waals surface area contributed by atoms with Crippen molar-refractivity contribution in [2.45, 2.75) is 33.3 Å². The molecular weight excluding hydrogens is 338 g/mol. The Bertz CT molecular complexity index is 371. The summed E-state index contributed by atoms with van der Waals surface area (Å²) in [5, 5.41) is 0.519. The molecule has 1 atom stereocenters. The van der Waals surface area contributed by atoms with Crippen LogP contribution in [0, 0.1) is 9.49 Å². The molecule has 0 aromatic carbocycles. The molecule has 16 heavy (non-hydrogen) atoms. The van der Waals surface area contributed by atoms with E-state index in [0.717, 1.165) is 15.7 Å². The first-order valence-electron chi connectivity index (χ1n) is 5.20. The number of halogens is 2. The molecular formula is C11H16ClIN2O. The lowest BCUT2D eigenvalue weighted by Gasteiger charge is -2.13. The summed E-state index contributed by atoms with van der Waals surface area (Å²) in [5.41, 5.74) is 1.01. The Hall–Kier alpha value is 0.0600. The molecule has 0 amide bonds. The fraction of sp³-hybridized carbons (Fsp3) is 0.636. The molecule has 0 N–H and O–H groups in total. The van der Waals surface area contributed by atoms with Gasteiger partial charge in [0.15, 0.2) is 5.82 Å². The van der Waals surface area contributed by atoms with Crippen molar-refractivity contribution >= 4 is 34.2 Å². The molecule has 1 rings (SSSR count). The normalized spacial score (nSPS) is 13.2. The summed E-state index contributed by atoms with van der Waals surface area (Å²) in [6.45, 7) is 6.23. The molecule has 0 aliphatic heterocycles. The Morgan fingerprint density at radius 1 is 1.31 bits per heavy atom. The monoisotopic (exact) mass is 354 g/mol. The van der Waals surface area contributed by atoms with Gasteiger partial charge in [0.2, 0.25) is 0 Å². The first-order chi connectivity index (χ1) is 7.45. The second-order valence-electron chi connectivity index (χ2n) is 4.11. The number of ether oxygens (including phenoxy) is 1. The Kier molecular flexibility index (Phi) is 5.40. The number of hydrogen-bond acceptors (Lipinski definition) is 3.